The lowest BCUT2D eigenvalue weighted by Gasteiger charge is -2.35. The fourth-order valence-corrected chi connectivity index (χ4v) is 5.77. The van der Waals surface area contributed by atoms with Gasteiger partial charge in [0.05, 0.1) is 10.6 Å². The predicted octanol–water partition coefficient (Wildman–Crippen LogP) is 5.01. The number of amides is 1. The average Bonchev–Trinajstić information content (AvgIpc) is 2.90. The van der Waals surface area contributed by atoms with Gasteiger partial charge in [-0.1, -0.05) is 60.2 Å². The van der Waals surface area contributed by atoms with Crippen LogP contribution in [0, 0.1) is 13.8 Å². The number of anilines is 1. The van der Waals surface area contributed by atoms with Crippen molar-refractivity contribution in [2.24, 2.45) is 0 Å². The summed E-state index contributed by atoms with van der Waals surface area (Å²) in [5.74, 6) is -0.213. The van der Waals surface area contributed by atoms with Crippen LogP contribution in [0.15, 0.2) is 83.8 Å². The molecule has 0 radical (unpaired) electrons. The van der Waals surface area contributed by atoms with E-state index in [2.05, 4.69) is 29.2 Å². The smallest absolute Gasteiger partial charge is 0.264 e. The highest BCUT2D eigenvalue weighted by Crippen LogP contribution is 2.27. The third-order valence-electron chi connectivity index (χ3n) is 6.66. The number of benzene rings is 3. The molecule has 1 amide bonds. The fraction of sp³-hybridized carbons (Fsp3) is 0.276. The van der Waals surface area contributed by atoms with Crippen molar-refractivity contribution in [1.82, 2.24) is 9.80 Å². The molecule has 0 N–H and O–H groups in total. The molecule has 0 spiro atoms. The summed E-state index contributed by atoms with van der Waals surface area (Å²) in [5, 5.41) is 0.448. The number of halogens is 1. The summed E-state index contributed by atoms with van der Waals surface area (Å²) in [7, 11) is -3.98. The first-order chi connectivity index (χ1) is 17.7. The van der Waals surface area contributed by atoms with E-state index in [0.717, 1.165) is 36.3 Å². The van der Waals surface area contributed by atoms with Gasteiger partial charge in [0.1, 0.15) is 6.54 Å². The normalized spacial score (nSPS) is 14.7. The molecule has 8 heteroatoms. The Hall–Kier alpha value is -3.13. The van der Waals surface area contributed by atoms with Crippen LogP contribution in [0.3, 0.4) is 0 Å². The van der Waals surface area contributed by atoms with Crippen LogP contribution in [0.4, 0.5) is 5.69 Å². The maximum atomic E-state index is 13.6. The van der Waals surface area contributed by atoms with Gasteiger partial charge in [-0.05, 0) is 66.9 Å². The summed E-state index contributed by atoms with van der Waals surface area (Å²) in [6.07, 6.45) is 4.23. The molecule has 194 valence electrons. The molecule has 3 aromatic carbocycles. The van der Waals surface area contributed by atoms with Crippen molar-refractivity contribution in [3.05, 3.63) is 101 Å². The van der Waals surface area contributed by atoms with Crippen molar-refractivity contribution in [1.29, 1.82) is 0 Å². The molecule has 0 aromatic heterocycles. The first-order valence-electron chi connectivity index (χ1n) is 12.3. The monoisotopic (exact) mass is 537 g/mol. The van der Waals surface area contributed by atoms with Crippen LogP contribution in [-0.4, -0.2) is 63.4 Å². The van der Waals surface area contributed by atoms with E-state index < -0.39 is 10.0 Å². The van der Waals surface area contributed by atoms with E-state index in [9.17, 15) is 13.2 Å². The highest BCUT2D eigenvalue weighted by atomic mass is 35.5. The van der Waals surface area contributed by atoms with E-state index in [1.807, 2.05) is 44.2 Å². The second kappa shape index (κ2) is 11.9. The molecular weight excluding hydrogens is 506 g/mol. The summed E-state index contributed by atoms with van der Waals surface area (Å²) in [4.78, 5) is 17.5. The molecular formula is C29H32ClN3O3S. The Morgan fingerprint density at radius 1 is 0.919 bits per heavy atom. The number of hydrogen-bond donors (Lipinski definition) is 0. The molecule has 4 rings (SSSR count). The van der Waals surface area contributed by atoms with Crippen LogP contribution in [0.5, 0.6) is 0 Å². The van der Waals surface area contributed by atoms with Gasteiger partial charge in [-0.3, -0.25) is 14.0 Å². The summed E-state index contributed by atoms with van der Waals surface area (Å²) in [5.41, 5.74) is 3.63. The zero-order valence-electron chi connectivity index (χ0n) is 21.2. The van der Waals surface area contributed by atoms with Crippen LogP contribution in [-0.2, 0) is 14.8 Å². The van der Waals surface area contributed by atoms with E-state index in [0.29, 0.717) is 23.8 Å². The Kier molecular flexibility index (Phi) is 8.69. The summed E-state index contributed by atoms with van der Waals surface area (Å²) < 4.78 is 28.5. The number of carbonyl (C=O) groups is 1. The predicted molar refractivity (Wildman–Crippen MR) is 150 cm³/mol. The lowest BCUT2D eigenvalue weighted by molar-refractivity contribution is -0.131. The number of hydrogen-bond acceptors (Lipinski definition) is 4. The quantitative estimate of drug-likeness (QED) is 0.405. The third-order valence-corrected chi connectivity index (χ3v) is 8.70. The molecule has 0 atom stereocenters. The molecule has 1 fully saturated rings. The van der Waals surface area contributed by atoms with Crippen LogP contribution >= 0.6 is 11.6 Å². The van der Waals surface area contributed by atoms with Crippen LogP contribution in [0.25, 0.3) is 6.08 Å². The molecule has 1 heterocycles. The number of sulfonamides is 1. The zero-order chi connectivity index (χ0) is 26.4. The van der Waals surface area contributed by atoms with E-state index in [-0.39, 0.29) is 17.3 Å². The van der Waals surface area contributed by atoms with Gasteiger partial charge in [-0.15, -0.1) is 0 Å². The van der Waals surface area contributed by atoms with Gasteiger partial charge in [0.25, 0.3) is 10.0 Å². The standard InChI is InChI=1S/C29H32ClN3O3S/c1-23-10-13-27(21-24(23)2)33(37(35,36)28-14-11-26(30)12-15-28)22-29(34)32-19-17-31(18-20-32)16-6-9-25-7-4-3-5-8-25/h3-15,21H,16-20,22H2,1-2H3/b9-6+. The summed E-state index contributed by atoms with van der Waals surface area (Å²) in [6.45, 7) is 7.02. The average molecular weight is 538 g/mol. The molecule has 0 bridgehead atoms. The SMILES string of the molecule is Cc1ccc(N(CC(=O)N2CCN(C/C=C/c3ccccc3)CC2)S(=O)(=O)c2ccc(Cl)cc2)cc1C. The van der Waals surface area contributed by atoms with Crippen molar-refractivity contribution in [2.75, 3.05) is 43.6 Å². The van der Waals surface area contributed by atoms with Crippen molar-refractivity contribution >= 4 is 39.3 Å². The first kappa shape index (κ1) is 26.9. The van der Waals surface area contributed by atoms with E-state index in [1.54, 1.807) is 23.1 Å². The van der Waals surface area contributed by atoms with E-state index >= 15 is 0 Å². The fourth-order valence-electron chi connectivity index (χ4n) is 4.23. The first-order valence-corrected chi connectivity index (χ1v) is 14.1. The van der Waals surface area contributed by atoms with Gasteiger partial charge in [-0.2, -0.15) is 0 Å². The number of piperazine rings is 1. The Bertz CT molecular complexity index is 1350. The second-order valence-electron chi connectivity index (χ2n) is 9.23. The molecule has 3 aromatic rings. The second-order valence-corrected chi connectivity index (χ2v) is 11.5. The van der Waals surface area contributed by atoms with Gasteiger partial charge in [-0.25, -0.2) is 8.42 Å². The maximum Gasteiger partial charge on any atom is 0.264 e. The van der Waals surface area contributed by atoms with E-state index in [1.165, 1.54) is 16.4 Å². The largest absolute Gasteiger partial charge is 0.339 e. The minimum atomic E-state index is -3.98. The van der Waals surface area contributed by atoms with Crippen molar-refractivity contribution in [3.8, 4) is 0 Å². The van der Waals surface area contributed by atoms with Crippen molar-refractivity contribution in [3.63, 3.8) is 0 Å². The van der Waals surface area contributed by atoms with Crippen LogP contribution in [0.1, 0.15) is 16.7 Å². The van der Waals surface area contributed by atoms with Gasteiger partial charge < -0.3 is 4.90 Å². The summed E-state index contributed by atoms with van der Waals surface area (Å²) >= 11 is 5.98. The van der Waals surface area contributed by atoms with Gasteiger partial charge in [0.15, 0.2) is 0 Å². The number of rotatable bonds is 8. The lowest BCUT2D eigenvalue weighted by atomic mass is 10.1. The molecule has 0 aliphatic carbocycles. The third kappa shape index (κ3) is 6.80. The van der Waals surface area contributed by atoms with Crippen LogP contribution < -0.4 is 4.31 Å². The van der Waals surface area contributed by atoms with Crippen LogP contribution in [0.2, 0.25) is 5.02 Å². The maximum absolute atomic E-state index is 13.6. The minimum absolute atomic E-state index is 0.0953. The molecule has 6 nitrogen and oxygen atoms in total. The molecule has 37 heavy (non-hydrogen) atoms. The molecule has 0 saturated carbocycles. The molecule has 1 aliphatic heterocycles. The highest BCUT2D eigenvalue weighted by Gasteiger charge is 2.30. The number of aryl methyl sites for hydroxylation is 2. The lowest BCUT2D eigenvalue weighted by Crippen LogP contribution is -2.51. The highest BCUT2D eigenvalue weighted by molar-refractivity contribution is 7.92. The molecule has 1 saturated heterocycles. The Morgan fingerprint density at radius 3 is 2.24 bits per heavy atom. The van der Waals surface area contributed by atoms with Gasteiger partial charge in [0.2, 0.25) is 5.91 Å². The molecule has 1 aliphatic rings. The van der Waals surface area contributed by atoms with Gasteiger partial charge in [0, 0.05) is 37.7 Å². The Morgan fingerprint density at radius 2 is 1.59 bits per heavy atom. The Labute approximate surface area is 224 Å². The topological polar surface area (TPSA) is 60.9 Å². The zero-order valence-corrected chi connectivity index (χ0v) is 22.8. The summed E-state index contributed by atoms with van der Waals surface area (Å²) in [6, 6.07) is 21.6. The Balaban J connectivity index is 1.45. The number of nitrogens with zero attached hydrogens (tertiary/aromatic N) is 3. The van der Waals surface area contributed by atoms with Gasteiger partial charge >= 0.3 is 0 Å². The number of carbonyl (C=O) groups excluding carboxylic acids is 1. The van der Waals surface area contributed by atoms with Crippen molar-refractivity contribution in [2.45, 2.75) is 18.7 Å². The van der Waals surface area contributed by atoms with Crippen molar-refractivity contribution < 1.29 is 13.2 Å². The minimum Gasteiger partial charge on any atom is -0.339 e. The van der Waals surface area contributed by atoms with E-state index in [4.69, 9.17) is 11.6 Å². The molecule has 0 unspecified atom stereocenters.